The third kappa shape index (κ3) is 2.38. The summed E-state index contributed by atoms with van der Waals surface area (Å²) >= 11 is 0. The van der Waals surface area contributed by atoms with Crippen molar-refractivity contribution in [3.8, 4) is 0 Å². The predicted molar refractivity (Wildman–Crippen MR) is 74.1 cm³/mol. The lowest BCUT2D eigenvalue weighted by Gasteiger charge is -2.42. The maximum absolute atomic E-state index is 11.9. The minimum atomic E-state index is -1.17. The van der Waals surface area contributed by atoms with Gasteiger partial charge in [0.2, 0.25) is 0 Å². The Hall–Kier alpha value is -1.62. The monoisotopic (exact) mass is 279 g/mol. The predicted octanol–water partition coefficient (Wildman–Crippen LogP) is 1.94. The van der Waals surface area contributed by atoms with Crippen molar-refractivity contribution in [1.29, 1.82) is 0 Å². The largest absolute Gasteiger partial charge is 0.481 e. The van der Waals surface area contributed by atoms with E-state index in [9.17, 15) is 19.8 Å². The van der Waals surface area contributed by atoms with Crippen LogP contribution < -0.4 is 5.73 Å². The molecule has 0 saturated heterocycles. The van der Waals surface area contributed by atoms with Crippen LogP contribution in [0.5, 0.6) is 0 Å². The van der Waals surface area contributed by atoms with Gasteiger partial charge in [-0.05, 0) is 37.7 Å². The second kappa shape index (κ2) is 5.40. The van der Waals surface area contributed by atoms with Crippen LogP contribution in [0.2, 0.25) is 0 Å². The van der Waals surface area contributed by atoms with Crippen LogP contribution in [0.15, 0.2) is 23.3 Å². The lowest BCUT2D eigenvalue weighted by molar-refractivity contribution is -0.150. The van der Waals surface area contributed by atoms with Crippen molar-refractivity contribution < 1.29 is 19.8 Å². The molecule has 0 radical (unpaired) electrons. The van der Waals surface area contributed by atoms with E-state index in [1.165, 1.54) is 0 Å². The molecule has 1 saturated carbocycles. The van der Waals surface area contributed by atoms with Crippen molar-refractivity contribution in [3.63, 3.8) is 0 Å². The number of nitrogens with two attached hydrogens (primary N) is 1. The molecule has 0 amide bonds. The smallest absolute Gasteiger partial charge is 0.331 e. The first-order chi connectivity index (χ1) is 9.38. The van der Waals surface area contributed by atoms with Gasteiger partial charge in [-0.25, -0.2) is 4.79 Å². The van der Waals surface area contributed by atoms with Gasteiger partial charge < -0.3 is 15.9 Å². The Morgan fingerprint density at radius 3 is 2.50 bits per heavy atom. The van der Waals surface area contributed by atoms with Crippen molar-refractivity contribution in [1.82, 2.24) is 0 Å². The third-order valence-electron chi connectivity index (χ3n) is 4.71. The molecule has 2 aliphatic rings. The van der Waals surface area contributed by atoms with Gasteiger partial charge in [0, 0.05) is 11.6 Å². The zero-order valence-corrected chi connectivity index (χ0v) is 11.6. The van der Waals surface area contributed by atoms with Crippen LogP contribution in [0.1, 0.15) is 39.0 Å². The minimum absolute atomic E-state index is 0.0262. The molecule has 0 heterocycles. The molecule has 0 aromatic rings. The van der Waals surface area contributed by atoms with E-state index in [1.807, 2.05) is 0 Å². The van der Waals surface area contributed by atoms with Crippen LogP contribution in [0.4, 0.5) is 0 Å². The molecule has 2 rings (SSSR count). The van der Waals surface area contributed by atoms with Gasteiger partial charge in [-0.2, -0.15) is 0 Å². The Balaban J connectivity index is 2.40. The van der Waals surface area contributed by atoms with Crippen LogP contribution >= 0.6 is 0 Å². The fraction of sp³-hybridized carbons (Fsp3) is 0.600. The summed E-state index contributed by atoms with van der Waals surface area (Å²) in [6, 6.07) is -0.182. The minimum Gasteiger partial charge on any atom is -0.481 e. The second-order valence-electron chi connectivity index (χ2n) is 5.88. The summed E-state index contributed by atoms with van der Waals surface area (Å²) < 4.78 is 0. The summed E-state index contributed by atoms with van der Waals surface area (Å²) in [7, 11) is 0. The van der Waals surface area contributed by atoms with Crippen molar-refractivity contribution in [2.45, 2.75) is 45.1 Å². The summed E-state index contributed by atoms with van der Waals surface area (Å²) in [5.74, 6) is -2.21. The van der Waals surface area contributed by atoms with Gasteiger partial charge >= 0.3 is 11.9 Å². The zero-order valence-electron chi connectivity index (χ0n) is 11.6. The molecule has 0 aliphatic heterocycles. The maximum atomic E-state index is 11.9. The standard InChI is InChI=1S/C15H21NO4/c1-9-6-7-15(14(19)20,8-10(9)13(17)18)11-4-2-3-5-12(11)16/h6-7,11-12H,2-5,8,16H2,1H3,(H,17,18)(H,19,20)/t11-,12-,15?/m1/s1. The molecule has 0 bridgehead atoms. The molecule has 4 N–H and O–H groups in total. The van der Waals surface area contributed by atoms with E-state index in [4.69, 9.17) is 5.73 Å². The normalized spacial score (nSPS) is 34.1. The van der Waals surface area contributed by atoms with Crippen molar-refractivity contribution in [2.75, 3.05) is 0 Å². The van der Waals surface area contributed by atoms with Gasteiger partial charge in [0.25, 0.3) is 0 Å². The number of hydrogen-bond donors (Lipinski definition) is 3. The molecular weight excluding hydrogens is 258 g/mol. The van der Waals surface area contributed by atoms with E-state index in [-0.39, 0.29) is 24.0 Å². The molecule has 0 spiro atoms. The molecule has 2 aliphatic carbocycles. The number of hydrogen-bond acceptors (Lipinski definition) is 3. The highest BCUT2D eigenvalue weighted by molar-refractivity contribution is 5.91. The van der Waals surface area contributed by atoms with E-state index in [0.29, 0.717) is 5.57 Å². The maximum Gasteiger partial charge on any atom is 0.331 e. The topological polar surface area (TPSA) is 101 Å². The molecule has 20 heavy (non-hydrogen) atoms. The van der Waals surface area contributed by atoms with E-state index < -0.39 is 17.4 Å². The second-order valence-corrected chi connectivity index (χ2v) is 5.88. The molecule has 1 fully saturated rings. The summed E-state index contributed by atoms with van der Waals surface area (Å²) in [5, 5.41) is 19.0. The van der Waals surface area contributed by atoms with Gasteiger partial charge in [0.15, 0.2) is 0 Å². The Labute approximate surface area is 118 Å². The summed E-state index contributed by atoms with van der Waals surface area (Å²) in [5.41, 5.74) is 5.77. The summed E-state index contributed by atoms with van der Waals surface area (Å²) in [6.45, 7) is 1.70. The van der Waals surface area contributed by atoms with Gasteiger partial charge in [0.1, 0.15) is 0 Å². The molecule has 5 nitrogen and oxygen atoms in total. The lowest BCUT2D eigenvalue weighted by atomic mass is 9.62. The van der Waals surface area contributed by atoms with Gasteiger partial charge in [0.05, 0.1) is 5.41 Å². The van der Waals surface area contributed by atoms with Gasteiger partial charge in [-0.1, -0.05) is 25.0 Å². The molecule has 5 heteroatoms. The average Bonchev–Trinajstić information content (AvgIpc) is 2.40. The zero-order chi connectivity index (χ0) is 14.9. The van der Waals surface area contributed by atoms with Crippen molar-refractivity contribution in [3.05, 3.63) is 23.3 Å². The third-order valence-corrected chi connectivity index (χ3v) is 4.71. The SMILES string of the molecule is CC1=C(C(=O)O)CC(C(=O)O)([C@@H]2CCCC[C@H]2N)C=C1. The molecular formula is C15H21NO4. The Kier molecular flexibility index (Phi) is 3.99. The molecule has 1 unspecified atom stereocenters. The van der Waals surface area contributed by atoms with E-state index in [1.54, 1.807) is 19.1 Å². The number of rotatable bonds is 3. The molecule has 3 atom stereocenters. The highest BCUT2D eigenvalue weighted by atomic mass is 16.4. The molecule has 110 valence electrons. The van der Waals surface area contributed by atoms with Crippen LogP contribution in [-0.2, 0) is 9.59 Å². The van der Waals surface area contributed by atoms with Gasteiger partial charge in [-0.3, -0.25) is 4.79 Å². The number of allylic oxidation sites excluding steroid dienone is 2. The highest BCUT2D eigenvalue weighted by Gasteiger charge is 2.49. The number of carbonyl (C=O) groups is 2. The Morgan fingerprint density at radius 2 is 1.95 bits per heavy atom. The fourth-order valence-corrected chi connectivity index (χ4v) is 3.47. The van der Waals surface area contributed by atoms with Crippen LogP contribution in [0.25, 0.3) is 0 Å². The molecule has 0 aromatic heterocycles. The Bertz CT molecular complexity index is 494. The van der Waals surface area contributed by atoms with Crippen molar-refractivity contribution >= 4 is 11.9 Å². The highest BCUT2D eigenvalue weighted by Crippen LogP contribution is 2.46. The van der Waals surface area contributed by atoms with Crippen LogP contribution in [0.3, 0.4) is 0 Å². The first-order valence-electron chi connectivity index (χ1n) is 7.00. The number of carboxylic acids is 2. The molecule has 0 aromatic carbocycles. The van der Waals surface area contributed by atoms with Gasteiger partial charge in [-0.15, -0.1) is 0 Å². The van der Waals surface area contributed by atoms with E-state index >= 15 is 0 Å². The first kappa shape index (κ1) is 14.8. The summed E-state index contributed by atoms with van der Waals surface area (Å²) in [4.78, 5) is 23.2. The lowest BCUT2D eigenvalue weighted by Crippen LogP contribution is -2.49. The first-order valence-corrected chi connectivity index (χ1v) is 7.00. The summed E-state index contributed by atoms with van der Waals surface area (Å²) in [6.07, 6.45) is 6.82. The van der Waals surface area contributed by atoms with Crippen molar-refractivity contribution in [2.24, 2.45) is 17.1 Å². The van der Waals surface area contributed by atoms with E-state index in [2.05, 4.69) is 0 Å². The quantitative estimate of drug-likeness (QED) is 0.733. The van der Waals surface area contributed by atoms with E-state index in [0.717, 1.165) is 25.7 Å². The van der Waals surface area contributed by atoms with Crippen LogP contribution in [-0.4, -0.2) is 28.2 Å². The van der Waals surface area contributed by atoms with Crippen LogP contribution in [0, 0.1) is 11.3 Å². The fourth-order valence-electron chi connectivity index (χ4n) is 3.47. The number of carboxylic acid groups (broad SMARTS) is 2. The average molecular weight is 279 g/mol. The Morgan fingerprint density at radius 1 is 1.30 bits per heavy atom. The number of aliphatic carboxylic acids is 2.